The molecule has 0 aliphatic heterocycles. The molecule has 0 radical (unpaired) electrons. The number of aromatic nitrogens is 1. The van der Waals surface area contributed by atoms with Gasteiger partial charge >= 0.3 is 0 Å². The second-order valence-corrected chi connectivity index (χ2v) is 3.55. The molecular weight excluding hydrogens is 194 g/mol. The molecule has 0 aromatic carbocycles. The molecule has 0 spiro atoms. The third kappa shape index (κ3) is 3.70. The molecular formula is C10H15N3S. The number of thiocarbonyl (C=S) groups is 1. The lowest BCUT2D eigenvalue weighted by Gasteiger charge is -2.14. The Bertz CT molecular complexity index is 287. The molecule has 0 fully saturated rings. The second kappa shape index (κ2) is 5.54. The fourth-order valence-corrected chi connectivity index (χ4v) is 1.25. The van der Waals surface area contributed by atoms with Crippen LogP contribution in [0.5, 0.6) is 0 Å². The quantitative estimate of drug-likeness (QED) is 0.748. The first-order chi connectivity index (χ1) is 6.72. The van der Waals surface area contributed by atoms with Crippen LogP contribution in [0, 0.1) is 0 Å². The highest BCUT2D eigenvalue weighted by Gasteiger charge is 2.00. The SMILES string of the molecule is CC[C@@H](C)NC(=S)Nc1ccncc1. The van der Waals surface area contributed by atoms with Crippen LogP contribution in [0.2, 0.25) is 0 Å². The van der Waals surface area contributed by atoms with Crippen molar-refractivity contribution in [1.29, 1.82) is 0 Å². The van der Waals surface area contributed by atoms with Crippen molar-refractivity contribution in [2.45, 2.75) is 26.3 Å². The summed E-state index contributed by atoms with van der Waals surface area (Å²) in [5, 5.41) is 6.92. The molecule has 14 heavy (non-hydrogen) atoms. The lowest BCUT2D eigenvalue weighted by molar-refractivity contribution is 0.646. The van der Waals surface area contributed by atoms with E-state index in [1.54, 1.807) is 12.4 Å². The summed E-state index contributed by atoms with van der Waals surface area (Å²) in [6.45, 7) is 4.22. The van der Waals surface area contributed by atoms with E-state index in [1.807, 2.05) is 12.1 Å². The number of nitrogens with zero attached hydrogens (tertiary/aromatic N) is 1. The zero-order chi connectivity index (χ0) is 10.4. The van der Waals surface area contributed by atoms with E-state index in [0.29, 0.717) is 11.2 Å². The Morgan fingerprint density at radius 2 is 2.14 bits per heavy atom. The number of anilines is 1. The average Bonchev–Trinajstić information content (AvgIpc) is 2.19. The van der Waals surface area contributed by atoms with Crippen molar-refractivity contribution in [1.82, 2.24) is 10.3 Å². The van der Waals surface area contributed by atoms with Crippen molar-refractivity contribution in [3.8, 4) is 0 Å². The fourth-order valence-electron chi connectivity index (χ4n) is 0.928. The maximum absolute atomic E-state index is 5.14. The van der Waals surface area contributed by atoms with E-state index in [2.05, 4.69) is 29.5 Å². The van der Waals surface area contributed by atoms with Gasteiger partial charge in [0.15, 0.2) is 5.11 Å². The Kier molecular flexibility index (Phi) is 4.32. The Balaban J connectivity index is 2.42. The number of nitrogens with one attached hydrogen (secondary N) is 2. The van der Waals surface area contributed by atoms with Gasteiger partial charge in [0.05, 0.1) is 0 Å². The standard InChI is InChI=1S/C10H15N3S/c1-3-8(2)12-10(14)13-9-4-6-11-7-5-9/h4-8H,3H2,1-2H3,(H2,11,12,13,14)/t8-/m1/s1. The molecule has 0 bridgehead atoms. The molecule has 1 heterocycles. The van der Waals surface area contributed by atoms with Crippen LogP contribution in [-0.4, -0.2) is 16.1 Å². The third-order valence-electron chi connectivity index (χ3n) is 1.93. The molecule has 3 nitrogen and oxygen atoms in total. The van der Waals surface area contributed by atoms with E-state index in [9.17, 15) is 0 Å². The van der Waals surface area contributed by atoms with Gasteiger partial charge in [-0.25, -0.2) is 0 Å². The summed E-state index contributed by atoms with van der Waals surface area (Å²) in [5.41, 5.74) is 0.959. The highest BCUT2D eigenvalue weighted by atomic mass is 32.1. The molecule has 0 unspecified atom stereocenters. The summed E-state index contributed by atoms with van der Waals surface area (Å²) in [6.07, 6.45) is 4.51. The van der Waals surface area contributed by atoms with Crippen molar-refractivity contribution in [3.05, 3.63) is 24.5 Å². The predicted octanol–water partition coefficient (Wildman–Crippen LogP) is 2.17. The van der Waals surface area contributed by atoms with Crippen LogP contribution in [0.25, 0.3) is 0 Å². The minimum atomic E-state index is 0.400. The molecule has 4 heteroatoms. The van der Waals surface area contributed by atoms with Gasteiger partial charge in [0, 0.05) is 24.1 Å². The molecule has 0 aliphatic rings. The van der Waals surface area contributed by atoms with E-state index >= 15 is 0 Å². The maximum atomic E-state index is 5.14. The van der Waals surface area contributed by atoms with E-state index in [1.165, 1.54) is 0 Å². The minimum absolute atomic E-state index is 0.400. The lowest BCUT2D eigenvalue weighted by Crippen LogP contribution is -2.35. The van der Waals surface area contributed by atoms with E-state index in [-0.39, 0.29) is 0 Å². The largest absolute Gasteiger partial charge is 0.360 e. The smallest absolute Gasteiger partial charge is 0.170 e. The molecule has 0 amide bonds. The van der Waals surface area contributed by atoms with Gasteiger partial charge in [-0.3, -0.25) is 4.98 Å². The molecule has 0 saturated heterocycles. The molecule has 1 aromatic rings. The monoisotopic (exact) mass is 209 g/mol. The highest BCUT2D eigenvalue weighted by molar-refractivity contribution is 7.80. The van der Waals surface area contributed by atoms with Crippen LogP contribution in [0.15, 0.2) is 24.5 Å². The number of pyridine rings is 1. The van der Waals surface area contributed by atoms with Crippen molar-refractivity contribution in [3.63, 3.8) is 0 Å². The summed E-state index contributed by atoms with van der Waals surface area (Å²) >= 11 is 5.14. The van der Waals surface area contributed by atoms with Gasteiger partial charge in [-0.05, 0) is 37.7 Å². The Morgan fingerprint density at radius 3 is 2.71 bits per heavy atom. The van der Waals surface area contributed by atoms with Crippen molar-refractivity contribution >= 4 is 23.0 Å². The van der Waals surface area contributed by atoms with Gasteiger partial charge in [-0.2, -0.15) is 0 Å². The summed E-state index contributed by atoms with van der Waals surface area (Å²) in [5.74, 6) is 0. The molecule has 1 atom stereocenters. The molecule has 2 N–H and O–H groups in total. The Morgan fingerprint density at radius 1 is 1.50 bits per heavy atom. The van der Waals surface area contributed by atoms with Crippen LogP contribution < -0.4 is 10.6 Å². The van der Waals surface area contributed by atoms with E-state index in [4.69, 9.17) is 12.2 Å². The summed E-state index contributed by atoms with van der Waals surface area (Å²) < 4.78 is 0. The number of rotatable bonds is 3. The van der Waals surface area contributed by atoms with Crippen molar-refractivity contribution < 1.29 is 0 Å². The van der Waals surface area contributed by atoms with Crippen LogP contribution in [0.1, 0.15) is 20.3 Å². The molecule has 1 aromatic heterocycles. The Hall–Kier alpha value is -1.16. The lowest BCUT2D eigenvalue weighted by atomic mass is 10.3. The maximum Gasteiger partial charge on any atom is 0.170 e. The molecule has 1 rings (SSSR count). The van der Waals surface area contributed by atoms with Crippen molar-refractivity contribution in [2.75, 3.05) is 5.32 Å². The first-order valence-corrected chi connectivity index (χ1v) is 5.10. The molecule has 0 aliphatic carbocycles. The Labute approximate surface area is 89.9 Å². The van der Waals surface area contributed by atoms with Gasteiger partial charge in [0.25, 0.3) is 0 Å². The summed E-state index contributed by atoms with van der Waals surface area (Å²) in [6, 6.07) is 4.16. The van der Waals surface area contributed by atoms with Gasteiger partial charge < -0.3 is 10.6 Å². The van der Waals surface area contributed by atoms with Gasteiger partial charge in [0.2, 0.25) is 0 Å². The topological polar surface area (TPSA) is 37.0 Å². The van der Waals surface area contributed by atoms with Gasteiger partial charge in [-0.15, -0.1) is 0 Å². The number of hydrogen-bond acceptors (Lipinski definition) is 2. The van der Waals surface area contributed by atoms with E-state index in [0.717, 1.165) is 12.1 Å². The molecule has 76 valence electrons. The summed E-state index contributed by atoms with van der Waals surface area (Å²) in [4.78, 5) is 3.93. The fraction of sp³-hybridized carbons (Fsp3) is 0.400. The van der Waals surface area contributed by atoms with Crippen LogP contribution >= 0.6 is 12.2 Å². The van der Waals surface area contributed by atoms with Crippen LogP contribution in [-0.2, 0) is 0 Å². The molecule has 0 saturated carbocycles. The first kappa shape index (κ1) is 10.9. The predicted molar refractivity (Wildman–Crippen MR) is 63.3 cm³/mol. The number of hydrogen-bond donors (Lipinski definition) is 2. The van der Waals surface area contributed by atoms with Gasteiger partial charge in [-0.1, -0.05) is 6.92 Å². The van der Waals surface area contributed by atoms with Gasteiger partial charge in [0.1, 0.15) is 0 Å². The zero-order valence-electron chi connectivity index (χ0n) is 8.45. The minimum Gasteiger partial charge on any atom is -0.360 e. The third-order valence-corrected chi connectivity index (χ3v) is 2.15. The van der Waals surface area contributed by atoms with E-state index < -0.39 is 0 Å². The zero-order valence-corrected chi connectivity index (χ0v) is 9.27. The average molecular weight is 209 g/mol. The highest BCUT2D eigenvalue weighted by Crippen LogP contribution is 2.02. The van der Waals surface area contributed by atoms with Crippen LogP contribution in [0.3, 0.4) is 0 Å². The first-order valence-electron chi connectivity index (χ1n) is 4.70. The second-order valence-electron chi connectivity index (χ2n) is 3.14. The normalized spacial score (nSPS) is 11.9. The summed E-state index contributed by atoms with van der Waals surface area (Å²) in [7, 11) is 0. The van der Waals surface area contributed by atoms with Crippen LogP contribution in [0.4, 0.5) is 5.69 Å². The van der Waals surface area contributed by atoms with Crippen molar-refractivity contribution in [2.24, 2.45) is 0 Å².